The van der Waals surface area contributed by atoms with Crippen LogP contribution in [0.1, 0.15) is 24.8 Å². The molecule has 1 aromatic heterocycles. The maximum Gasteiger partial charge on any atom is 0.412 e. The van der Waals surface area contributed by atoms with Gasteiger partial charge in [0, 0.05) is 74.4 Å². The largest absolute Gasteiger partial charge is 0.438 e. The van der Waals surface area contributed by atoms with Crippen molar-refractivity contribution in [3.63, 3.8) is 0 Å². The number of hydrogen-bond acceptors (Lipinski definition) is 6. The standard InChI is InChI=1S/C24H30N6O3/c1-28(2)19-8-12-30(16-19)18-5-3-17(4-6-18)26-22(31)29-13-9-24(10-14-29)20-15-25-11-7-21(20)27-23(32)33-24/h3-7,11,15,19H,8-10,12-14,16H2,1-2H3,(H,26,31)(H,27,32). The average Bonchev–Trinajstić information content (AvgIpc) is 3.31. The summed E-state index contributed by atoms with van der Waals surface area (Å²) < 4.78 is 5.72. The highest BCUT2D eigenvalue weighted by atomic mass is 16.6. The summed E-state index contributed by atoms with van der Waals surface area (Å²) in [6.45, 7) is 3.05. The highest BCUT2D eigenvalue weighted by molar-refractivity contribution is 5.90. The zero-order valence-corrected chi connectivity index (χ0v) is 19.1. The Bertz CT molecular complexity index is 1030. The number of pyridine rings is 1. The van der Waals surface area contributed by atoms with Gasteiger partial charge in [0.15, 0.2) is 0 Å². The molecule has 2 saturated heterocycles. The molecule has 0 aliphatic carbocycles. The summed E-state index contributed by atoms with van der Waals surface area (Å²) in [5, 5.41) is 5.73. The van der Waals surface area contributed by atoms with Gasteiger partial charge in [0.25, 0.3) is 0 Å². The summed E-state index contributed by atoms with van der Waals surface area (Å²) in [5.74, 6) is 0. The minimum atomic E-state index is -0.732. The molecule has 0 radical (unpaired) electrons. The molecule has 33 heavy (non-hydrogen) atoms. The highest BCUT2D eigenvalue weighted by Crippen LogP contribution is 2.43. The smallest absolute Gasteiger partial charge is 0.412 e. The molecular formula is C24H30N6O3. The number of hydrogen-bond donors (Lipinski definition) is 2. The molecule has 9 heteroatoms. The molecule has 4 heterocycles. The molecule has 5 rings (SSSR count). The van der Waals surface area contributed by atoms with E-state index >= 15 is 0 Å². The Morgan fingerprint density at radius 1 is 1.18 bits per heavy atom. The molecule has 3 aliphatic rings. The lowest BCUT2D eigenvalue weighted by Gasteiger charge is -2.43. The van der Waals surface area contributed by atoms with E-state index < -0.39 is 11.7 Å². The molecule has 0 bridgehead atoms. The van der Waals surface area contributed by atoms with Gasteiger partial charge in [-0.25, -0.2) is 9.59 Å². The third kappa shape index (κ3) is 4.20. The highest BCUT2D eigenvalue weighted by Gasteiger charge is 2.45. The van der Waals surface area contributed by atoms with E-state index in [0.29, 0.717) is 32.0 Å². The van der Waals surface area contributed by atoms with Gasteiger partial charge in [0.05, 0.1) is 5.69 Å². The summed E-state index contributed by atoms with van der Waals surface area (Å²) in [6.07, 6.45) is 5.17. The number of anilines is 3. The van der Waals surface area contributed by atoms with E-state index in [1.54, 1.807) is 23.4 Å². The fraction of sp³-hybridized carbons (Fsp3) is 0.458. The molecular weight excluding hydrogens is 420 g/mol. The van der Waals surface area contributed by atoms with Crippen LogP contribution in [0.25, 0.3) is 0 Å². The Morgan fingerprint density at radius 2 is 1.94 bits per heavy atom. The van der Waals surface area contributed by atoms with Crippen LogP contribution in [-0.2, 0) is 10.3 Å². The number of piperidine rings is 1. The number of urea groups is 1. The number of nitrogens with zero attached hydrogens (tertiary/aromatic N) is 4. The van der Waals surface area contributed by atoms with Crippen LogP contribution in [-0.4, -0.2) is 73.2 Å². The average molecular weight is 451 g/mol. The predicted molar refractivity (Wildman–Crippen MR) is 127 cm³/mol. The van der Waals surface area contributed by atoms with Gasteiger partial charge in [-0.1, -0.05) is 0 Å². The molecule has 1 unspecified atom stereocenters. The van der Waals surface area contributed by atoms with Crippen molar-refractivity contribution in [3.05, 3.63) is 48.3 Å². The second-order valence-electron chi connectivity index (χ2n) is 9.25. The van der Waals surface area contributed by atoms with Crippen LogP contribution in [0.5, 0.6) is 0 Å². The van der Waals surface area contributed by atoms with E-state index in [9.17, 15) is 9.59 Å². The summed E-state index contributed by atoms with van der Waals surface area (Å²) in [7, 11) is 4.25. The van der Waals surface area contributed by atoms with E-state index in [0.717, 1.165) is 36.4 Å². The van der Waals surface area contributed by atoms with Crippen LogP contribution in [0.15, 0.2) is 42.7 Å². The number of carbonyl (C=O) groups is 2. The number of amides is 3. The maximum absolute atomic E-state index is 12.9. The summed E-state index contributed by atoms with van der Waals surface area (Å²) in [4.78, 5) is 35.6. The van der Waals surface area contributed by atoms with Gasteiger partial charge in [-0.05, 0) is 50.8 Å². The lowest BCUT2D eigenvalue weighted by Crippen LogP contribution is -2.50. The van der Waals surface area contributed by atoms with Crippen molar-refractivity contribution in [1.29, 1.82) is 0 Å². The van der Waals surface area contributed by atoms with Gasteiger partial charge in [-0.15, -0.1) is 0 Å². The van der Waals surface area contributed by atoms with Gasteiger partial charge >= 0.3 is 12.1 Å². The van der Waals surface area contributed by atoms with Gasteiger partial charge in [-0.3, -0.25) is 10.3 Å². The molecule has 2 aromatic rings. The van der Waals surface area contributed by atoms with Crippen molar-refractivity contribution < 1.29 is 14.3 Å². The van der Waals surface area contributed by atoms with Gasteiger partial charge in [0.1, 0.15) is 5.60 Å². The minimum absolute atomic E-state index is 0.141. The Morgan fingerprint density at radius 3 is 2.64 bits per heavy atom. The van der Waals surface area contributed by atoms with E-state index in [1.807, 2.05) is 12.1 Å². The Labute approximate surface area is 193 Å². The topological polar surface area (TPSA) is 90.0 Å². The molecule has 3 amide bonds. The fourth-order valence-electron chi connectivity index (χ4n) is 5.03. The molecule has 1 spiro atoms. The van der Waals surface area contributed by atoms with Gasteiger partial charge in [0.2, 0.25) is 0 Å². The van der Waals surface area contributed by atoms with Crippen molar-refractivity contribution >= 4 is 29.2 Å². The summed E-state index contributed by atoms with van der Waals surface area (Å²) in [5.41, 5.74) is 2.82. The number of likely N-dealkylation sites (N-methyl/N-ethyl adjacent to an activating group) is 1. The minimum Gasteiger partial charge on any atom is -0.438 e. The number of ether oxygens (including phenoxy) is 1. The second-order valence-corrected chi connectivity index (χ2v) is 9.25. The quantitative estimate of drug-likeness (QED) is 0.746. The molecule has 1 aromatic carbocycles. The monoisotopic (exact) mass is 450 g/mol. The number of aromatic nitrogens is 1. The SMILES string of the molecule is CN(C)C1CCN(c2ccc(NC(=O)N3CCC4(CC3)OC(=O)Nc3ccncc34)cc2)C1. The Balaban J connectivity index is 1.19. The third-order valence-corrected chi connectivity index (χ3v) is 7.07. The van der Waals surface area contributed by atoms with Crippen LogP contribution in [0.2, 0.25) is 0 Å². The van der Waals surface area contributed by atoms with E-state index in [2.05, 4.69) is 51.6 Å². The Kier molecular flexibility index (Phi) is 5.57. The van der Waals surface area contributed by atoms with Crippen LogP contribution < -0.4 is 15.5 Å². The number of benzene rings is 1. The molecule has 174 valence electrons. The normalized spacial score (nSPS) is 21.5. The van der Waals surface area contributed by atoms with Crippen molar-refractivity contribution in [1.82, 2.24) is 14.8 Å². The van der Waals surface area contributed by atoms with Crippen LogP contribution in [0.4, 0.5) is 26.7 Å². The lowest BCUT2D eigenvalue weighted by atomic mass is 9.83. The summed E-state index contributed by atoms with van der Waals surface area (Å²) >= 11 is 0. The number of carbonyl (C=O) groups excluding carboxylic acids is 2. The molecule has 9 nitrogen and oxygen atoms in total. The van der Waals surface area contributed by atoms with E-state index in [1.165, 1.54) is 5.69 Å². The van der Waals surface area contributed by atoms with Crippen LogP contribution in [0, 0.1) is 0 Å². The molecule has 0 saturated carbocycles. The lowest BCUT2D eigenvalue weighted by molar-refractivity contribution is -0.0297. The molecule has 2 fully saturated rings. The second kappa shape index (κ2) is 8.55. The van der Waals surface area contributed by atoms with Crippen molar-refractivity contribution in [3.8, 4) is 0 Å². The van der Waals surface area contributed by atoms with E-state index in [4.69, 9.17) is 4.74 Å². The first-order valence-corrected chi connectivity index (χ1v) is 11.5. The van der Waals surface area contributed by atoms with Crippen molar-refractivity contribution in [2.24, 2.45) is 0 Å². The molecule has 1 atom stereocenters. The van der Waals surface area contributed by atoms with E-state index in [-0.39, 0.29) is 6.03 Å². The Hall–Kier alpha value is -3.33. The maximum atomic E-state index is 12.9. The molecule has 3 aliphatic heterocycles. The van der Waals surface area contributed by atoms with Crippen molar-refractivity contribution in [2.45, 2.75) is 30.9 Å². The zero-order valence-electron chi connectivity index (χ0n) is 19.1. The first-order valence-electron chi connectivity index (χ1n) is 11.5. The predicted octanol–water partition coefficient (Wildman–Crippen LogP) is 3.31. The number of fused-ring (bicyclic) bond motifs is 2. The van der Waals surface area contributed by atoms with Crippen molar-refractivity contribution in [2.75, 3.05) is 55.8 Å². The summed E-state index contributed by atoms with van der Waals surface area (Å²) in [6, 6.07) is 10.3. The number of rotatable bonds is 3. The first kappa shape index (κ1) is 21.5. The van der Waals surface area contributed by atoms with Gasteiger partial charge in [-0.2, -0.15) is 0 Å². The molecule has 2 N–H and O–H groups in total. The number of nitrogens with one attached hydrogen (secondary N) is 2. The van der Waals surface area contributed by atoms with Crippen LogP contribution in [0.3, 0.4) is 0 Å². The fourth-order valence-corrected chi connectivity index (χ4v) is 5.03. The number of likely N-dealkylation sites (tertiary alicyclic amines) is 1. The third-order valence-electron chi connectivity index (χ3n) is 7.07. The van der Waals surface area contributed by atoms with Gasteiger partial charge < -0.3 is 24.8 Å². The zero-order chi connectivity index (χ0) is 23.0. The van der Waals surface area contributed by atoms with Crippen LogP contribution >= 0.6 is 0 Å². The first-order chi connectivity index (χ1) is 15.9.